The van der Waals surface area contributed by atoms with Gasteiger partial charge in [-0.15, -0.1) is 0 Å². The van der Waals surface area contributed by atoms with E-state index in [4.69, 9.17) is 0 Å². The molecule has 0 aromatic carbocycles. The van der Waals surface area contributed by atoms with Crippen LogP contribution in [0.5, 0.6) is 0 Å². The fraction of sp³-hybridized carbons (Fsp3) is 0.917. The predicted octanol–water partition coefficient (Wildman–Crippen LogP) is 0.966. The number of esters is 1. The molecule has 94 valence electrons. The summed E-state index contributed by atoms with van der Waals surface area (Å²) < 4.78 is 4.64. The van der Waals surface area contributed by atoms with E-state index in [2.05, 4.69) is 28.5 Å². The smallest absolute Gasteiger partial charge is 0.306 e. The molecule has 0 aromatic rings. The van der Waals surface area contributed by atoms with Crippen LogP contribution in [-0.4, -0.2) is 62.1 Å². The number of likely N-dealkylation sites (tertiary alicyclic amines) is 1. The third kappa shape index (κ3) is 4.10. The summed E-state index contributed by atoms with van der Waals surface area (Å²) in [4.78, 5) is 15.8. The van der Waals surface area contributed by atoms with Crippen LogP contribution in [0.1, 0.15) is 26.2 Å². The highest BCUT2D eigenvalue weighted by atomic mass is 16.5. The van der Waals surface area contributed by atoms with Crippen molar-refractivity contribution in [3.8, 4) is 0 Å². The molecule has 1 aliphatic rings. The molecular weight excluding hydrogens is 204 g/mol. The highest BCUT2D eigenvalue weighted by Gasteiger charge is 2.23. The van der Waals surface area contributed by atoms with E-state index in [0.29, 0.717) is 12.5 Å². The van der Waals surface area contributed by atoms with Crippen LogP contribution < -0.4 is 0 Å². The van der Waals surface area contributed by atoms with E-state index in [1.165, 1.54) is 26.5 Å². The second-order valence-corrected chi connectivity index (χ2v) is 4.51. The molecule has 0 amide bonds. The first-order valence-corrected chi connectivity index (χ1v) is 6.16. The van der Waals surface area contributed by atoms with Crippen molar-refractivity contribution in [1.29, 1.82) is 0 Å². The molecule has 0 N–H and O–H groups in total. The number of nitrogens with zero attached hydrogens (tertiary/aromatic N) is 2. The lowest BCUT2D eigenvalue weighted by Crippen LogP contribution is -2.39. The van der Waals surface area contributed by atoms with E-state index < -0.39 is 0 Å². The van der Waals surface area contributed by atoms with Crippen LogP contribution in [0.25, 0.3) is 0 Å². The lowest BCUT2D eigenvalue weighted by Gasteiger charge is -2.27. The SMILES string of the molecule is CCN1CCCC1CN(C)CCC(=O)OC. The molecule has 0 aromatic heterocycles. The first-order chi connectivity index (χ1) is 7.67. The van der Waals surface area contributed by atoms with Crippen molar-refractivity contribution in [3.63, 3.8) is 0 Å². The van der Waals surface area contributed by atoms with Crippen LogP contribution in [0.3, 0.4) is 0 Å². The van der Waals surface area contributed by atoms with Crippen molar-refractivity contribution in [1.82, 2.24) is 9.80 Å². The fourth-order valence-electron chi connectivity index (χ4n) is 2.35. The number of rotatable bonds is 6. The number of carbonyl (C=O) groups excluding carboxylic acids is 1. The Hall–Kier alpha value is -0.610. The highest BCUT2D eigenvalue weighted by Crippen LogP contribution is 2.17. The van der Waals surface area contributed by atoms with Gasteiger partial charge in [-0.1, -0.05) is 6.92 Å². The molecule has 1 fully saturated rings. The zero-order chi connectivity index (χ0) is 12.0. The molecular formula is C12H24N2O2. The van der Waals surface area contributed by atoms with Gasteiger partial charge < -0.3 is 9.64 Å². The maximum atomic E-state index is 11.0. The van der Waals surface area contributed by atoms with Crippen molar-refractivity contribution < 1.29 is 9.53 Å². The predicted molar refractivity (Wildman–Crippen MR) is 64.4 cm³/mol. The van der Waals surface area contributed by atoms with E-state index in [-0.39, 0.29) is 5.97 Å². The van der Waals surface area contributed by atoms with Gasteiger partial charge in [-0.05, 0) is 33.0 Å². The van der Waals surface area contributed by atoms with Crippen LogP contribution in [-0.2, 0) is 9.53 Å². The standard InChI is InChI=1S/C12H24N2O2/c1-4-14-8-5-6-11(14)10-13(2)9-7-12(15)16-3/h11H,4-10H2,1-3H3. The Morgan fingerprint density at radius 3 is 2.94 bits per heavy atom. The Kier molecular flexibility index (Phi) is 5.77. The lowest BCUT2D eigenvalue weighted by molar-refractivity contribution is -0.140. The average molecular weight is 228 g/mol. The fourth-order valence-corrected chi connectivity index (χ4v) is 2.35. The van der Waals surface area contributed by atoms with Gasteiger partial charge in [-0.25, -0.2) is 0 Å². The second kappa shape index (κ2) is 6.86. The maximum Gasteiger partial charge on any atom is 0.306 e. The summed E-state index contributed by atoms with van der Waals surface area (Å²) in [7, 11) is 3.52. The molecule has 0 spiro atoms. The summed E-state index contributed by atoms with van der Waals surface area (Å²) in [6.45, 7) is 6.43. The highest BCUT2D eigenvalue weighted by molar-refractivity contribution is 5.69. The van der Waals surface area contributed by atoms with E-state index in [1.807, 2.05) is 0 Å². The van der Waals surface area contributed by atoms with Crippen molar-refractivity contribution in [2.45, 2.75) is 32.2 Å². The van der Waals surface area contributed by atoms with E-state index in [9.17, 15) is 4.79 Å². The molecule has 1 heterocycles. The summed E-state index contributed by atoms with van der Waals surface area (Å²) in [5.74, 6) is -0.120. The van der Waals surface area contributed by atoms with Gasteiger partial charge in [0.2, 0.25) is 0 Å². The second-order valence-electron chi connectivity index (χ2n) is 4.51. The molecule has 0 saturated carbocycles. The first-order valence-electron chi connectivity index (χ1n) is 6.16. The summed E-state index contributed by atoms with van der Waals surface area (Å²) >= 11 is 0. The molecule has 0 aliphatic carbocycles. The minimum absolute atomic E-state index is 0.120. The maximum absolute atomic E-state index is 11.0. The largest absolute Gasteiger partial charge is 0.469 e. The van der Waals surface area contributed by atoms with Gasteiger partial charge in [0.1, 0.15) is 0 Å². The minimum atomic E-state index is -0.120. The Morgan fingerprint density at radius 2 is 2.31 bits per heavy atom. The van der Waals surface area contributed by atoms with E-state index in [1.54, 1.807) is 0 Å². The Labute approximate surface area is 98.5 Å². The van der Waals surface area contributed by atoms with Gasteiger partial charge in [-0.3, -0.25) is 9.69 Å². The van der Waals surface area contributed by atoms with E-state index in [0.717, 1.165) is 19.6 Å². The Balaban J connectivity index is 2.22. The topological polar surface area (TPSA) is 32.8 Å². The Morgan fingerprint density at radius 1 is 1.56 bits per heavy atom. The van der Waals surface area contributed by atoms with Crippen LogP contribution in [0, 0.1) is 0 Å². The molecule has 16 heavy (non-hydrogen) atoms. The number of likely N-dealkylation sites (N-methyl/N-ethyl adjacent to an activating group) is 2. The third-order valence-electron chi connectivity index (χ3n) is 3.35. The third-order valence-corrected chi connectivity index (χ3v) is 3.35. The number of carbonyl (C=O) groups is 1. The molecule has 1 aliphatic heterocycles. The van der Waals surface area contributed by atoms with Gasteiger partial charge in [0.15, 0.2) is 0 Å². The van der Waals surface area contributed by atoms with Gasteiger partial charge in [0, 0.05) is 19.1 Å². The monoisotopic (exact) mass is 228 g/mol. The molecule has 4 heteroatoms. The van der Waals surface area contributed by atoms with Gasteiger partial charge in [0.05, 0.1) is 13.5 Å². The normalized spacial score (nSPS) is 21.6. The molecule has 1 unspecified atom stereocenters. The molecule has 0 bridgehead atoms. The number of hydrogen-bond acceptors (Lipinski definition) is 4. The first kappa shape index (κ1) is 13.5. The van der Waals surface area contributed by atoms with Crippen LogP contribution in [0.2, 0.25) is 0 Å². The van der Waals surface area contributed by atoms with Gasteiger partial charge in [0.25, 0.3) is 0 Å². The van der Waals surface area contributed by atoms with Crippen LogP contribution in [0.15, 0.2) is 0 Å². The van der Waals surface area contributed by atoms with Gasteiger partial charge >= 0.3 is 5.97 Å². The molecule has 1 saturated heterocycles. The quantitative estimate of drug-likeness (QED) is 0.634. The summed E-state index contributed by atoms with van der Waals surface area (Å²) in [6, 6.07) is 0.674. The van der Waals surface area contributed by atoms with Crippen LogP contribution in [0.4, 0.5) is 0 Å². The summed E-state index contributed by atoms with van der Waals surface area (Å²) in [5.41, 5.74) is 0. The van der Waals surface area contributed by atoms with Crippen molar-refractivity contribution >= 4 is 5.97 Å². The van der Waals surface area contributed by atoms with Gasteiger partial charge in [-0.2, -0.15) is 0 Å². The minimum Gasteiger partial charge on any atom is -0.469 e. The summed E-state index contributed by atoms with van der Waals surface area (Å²) in [6.07, 6.45) is 3.09. The zero-order valence-corrected chi connectivity index (χ0v) is 10.7. The Bertz CT molecular complexity index is 221. The summed E-state index contributed by atoms with van der Waals surface area (Å²) in [5, 5.41) is 0. The average Bonchev–Trinajstić information content (AvgIpc) is 2.73. The van der Waals surface area contributed by atoms with E-state index >= 15 is 0 Å². The number of ether oxygens (including phenoxy) is 1. The lowest BCUT2D eigenvalue weighted by atomic mass is 10.2. The molecule has 0 radical (unpaired) electrons. The molecule has 1 atom stereocenters. The molecule has 4 nitrogen and oxygen atoms in total. The van der Waals surface area contributed by atoms with Crippen LogP contribution >= 0.6 is 0 Å². The van der Waals surface area contributed by atoms with Crippen molar-refractivity contribution in [2.75, 3.05) is 40.3 Å². The molecule has 1 rings (SSSR count). The zero-order valence-electron chi connectivity index (χ0n) is 10.7. The van der Waals surface area contributed by atoms with Crippen molar-refractivity contribution in [3.05, 3.63) is 0 Å². The number of hydrogen-bond donors (Lipinski definition) is 0. The van der Waals surface area contributed by atoms with Crippen molar-refractivity contribution in [2.24, 2.45) is 0 Å². The number of methoxy groups -OCH3 is 1.